The molecule has 224 valence electrons. The van der Waals surface area contributed by atoms with E-state index in [1.165, 1.54) is 64.8 Å². The largest absolute Gasteiger partial charge is 0.573 e. The third kappa shape index (κ3) is 6.26. The maximum absolute atomic E-state index is 15.8. The Kier molecular flexibility index (Phi) is 7.32. The van der Waals surface area contributed by atoms with Crippen molar-refractivity contribution in [2.75, 3.05) is 6.26 Å². The van der Waals surface area contributed by atoms with Gasteiger partial charge in [-0.05, 0) is 55.0 Å². The number of ether oxygens (including phenoxy) is 1. The highest BCUT2D eigenvalue weighted by molar-refractivity contribution is 7.90. The number of benzene rings is 3. The number of aryl methyl sites for hydroxylation is 1. The fourth-order valence-electron chi connectivity index (χ4n) is 4.39. The van der Waals surface area contributed by atoms with Gasteiger partial charge in [0.15, 0.2) is 9.84 Å². The van der Waals surface area contributed by atoms with Crippen molar-refractivity contribution in [3.05, 3.63) is 90.4 Å². The van der Waals surface area contributed by atoms with Crippen molar-refractivity contribution in [1.82, 2.24) is 24.5 Å². The van der Waals surface area contributed by atoms with Gasteiger partial charge in [0.2, 0.25) is 0 Å². The zero-order valence-corrected chi connectivity index (χ0v) is 23.4. The number of aromatic nitrogens is 5. The Labute approximate surface area is 241 Å². The molecule has 8 nitrogen and oxygen atoms in total. The van der Waals surface area contributed by atoms with Gasteiger partial charge in [0.25, 0.3) is 5.92 Å². The summed E-state index contributed by atoms with van der Waals surface area (Å²) >= 11 is 0. The average molecular weight is 622 g/mol. The van der Waals surface area contributed by atoms with Crippen LogP contribution in [0.25, 0.3) is 33.8 Å². The maximum atomic E-state index is 15.8. The van der Waals surface area contributed by atoms with E-state index >= 15 is 4.39 Å². The maximum Gasteiger partial charge on any atom is 0.573 e. The van der Waals surface area contributed by atoms with Gasteiger partial charge in [-0.15, -0.1) is 18.3 Å². The van der Waals surface area contributed by atoms with Crippen LogP contribution in [0, 0.1) is 12.7 Å². The van der Waals surface area contributed by atoms with Crippen LogP contribution >= 0.6 is 0 Å². The van der Waals surface area contributed by atoms with Gasteiger partial charge in [-0.1, -0.05) is 17.3 Å². The third-order valence-corrected chi connectivity index (χ3v) is 7.50. The van der Waals surface area contributed by atoms with Crippen molar-refractivity contribution in [2.45, 2.75) is 31.0 Å². The summed E-state index contributed by atoms with van der Waals surface area (Å²) in [5, 5.41) is 8.01. The minimum absolute atomic E-state index is 0.0322. The van der Waals surface area contributed by atoms with E-state index in [4.69, 9.17) is 0 Å². The van der Waals surface area contributed by atoms with E-state index in [1.54, 1.807) is 0 Å². The normalized spacial score (nSPS) is 12.5. The Bertz CT molecular complexity index is 1930. The van der Waals surface area contributed by atoms with Crippen molar-refractivity contribution >= 4 is 9.84 Å². The van der Waals surface area contributed by atoms with Gasteiger partial charge < -0.3 is 9.30 Å². The fourth-order valence-corrected chi connectivity index (χ4v) is 5.06. The first-order valence-electron chi connectivity index (χ1n) is 12.4. The van der Waals surface area contributed by atoms with Crippen LogP contribution in [0.3, 0.4) is 0 Å². The Morgan fingerprint density at radius 2 is 1.60 bits per heavy atom. The zero-order chi connectivity index (χ0) is 31.3. The molecular weight excluding hydrogens is 600 g/mol. The molecule has 0 bridgehead atoms. The van der Waals surface area contributed by atoms with Gasteiger partial charge in [-0.2, -0.15) is 8.78 Å². The summed E-state index contributed by atoms with van der Waals surface area (Å²) in [5.74, 6) is -4.48. The Hall–Kier alpha value is -4.66. The number of hydrogen-bond acceptors (Lipinski definition) is 6. The lowest BCUT2D eigenvalue weighted by molar-refractivity contribution is -0.274. The molecule has 2 aromatic heterocycles. The molecule has 2 heterocycles. The molecular formula is C28H21F6N5O3S. The van der Waals surface area contributed by atoms with E-state index in [0.29, 0.717) is 12.5 Å². The molecule has 0 aliphatic carbocycles. The second-order valence-electron chi connectivity index (χ2n) is 9.66. The highest BCUT2D eigenvalue weighted by atomic mass is 32.2. The predicted octanol–water partition coefficient (Wildman–Crippen LogP) is 6.65. The number of nitrogens with zero attached hydrogens (tertiary/aromatic N) is 5. The number of sulfone groups is 1. The smallest absolute Gasteiger partial charge is 0.406 e. The van der Waals surface area contributed by atoms with Crippen LogP contribution in [-0.2, 0) is 15.8 Å². The highest BCUT2D eigenvalue weighted by Crippen LogP contribution is 2.35. The number of alkyl halides is 5. The second-order valence-corrected chi connectivity index (χ2v) is 11.7. The lowest BCUT2D eigenvalue weighted by Crippen LogP contribution is -2.17. The molecule has 5 aromatic rings. The number of hydrogen-bond donors (Lipinski definition) is 0. The van der Waals surface area contributed by atoms with Gasteiger partial charge >= 0.3 is 6.36 Å². The molecule has 3 aromatic carbocycles. The molecule has 0 spiro atoms. The Morgan fingerprint density at radius 1 is 0.907 bits per heavy atom. The first kappa shape index (κ1) is 29.8. The summed E-state index contributed by atoms with van der Waals surface area (Å²) < 4.78 is 113. The minimum atomic E-state index is -4.89. The van der Waals surface area contributed by atoms with Gasteiger partial charge in [0, 0.05) is 36.6 Å². The molecule has 0 aliphatic rings. The summed E-state index contributed by atoms with van der Waals surface area (Å²) in [6.07, 6.45) is -1.53. The first-order chi connectivity index (χ1) is 20.0. The predicted molar refractivity (Wildman–Crippen MR) is 143 cm³/mol. The summed E-state index contributed by atoms with van der Waals surface area (Å²) in [5.41, 5.74) is 0.339. The van der Waals surface area contributed by atoms with Crippen LogP contribution in [0.4, 0.5) is 26.3 Å². The lowest BCUT2D eigenvalue weighted by Gasteiger charge is -2.17. The van der Waals surface area contributed by atoms with Crippen molar-refractivity contribution in [2.24, 2.45) is 0 Å². The molecule has 0 fully saturated rings. The van der Waals surface area contributed by atoms with Crippen molar-refractivity contribution in [3.8, 4) is 39.5 Å². The van der Waals surface area contributed by atoms with E-state index in [0.717, 1.165) is 30.7 Å². The van der Waals surface area contributed by atoms with Crippen LogP contribution < -0.4 is 4.74 Å². The van der Waals surface area contributed by atoms with E-state index in [1.807, 2.05) is 0 Å². The summed E-state index contributed by atoms with van der Waals surface area (Å²) in [4.78, 5) is 3.86. The number of imidazole rings is 1. The highest BCUT2D eigenvalue weighted by Gasteiger charge is 2.31. The average Bonchev–Trinajstić information content (AvgIpc) is 3.55. The SMILES string of the molecule is Cc1nc(C(C)(F)F)cn1-c1cc(F)c(-c2cccc(S(C)(=O)=O)c2)cc1-n1nncc1-c1ccc(OC(F)(F)F)cc1. The summed E-state index contributed by atoms with van der Waals surface area (Å²) in [6, 6.07) is 12.8. The molecule has 0 radical (unpaired) electrons. The van der Waals surface area contributed by atoms with Crippen LogP contribution in [0.1, 0.15) is 18.4 Å². The van der Waals surface area contributed by atoms with E-state index < -0.39 is 39.4 Å². The zero-order valence-electron chi connectivity index (χ0n) is 22.6. The standard InChI is InChI=1S/C28H21F6N5O3S/c1-16-36-26(27(2,30)31)15-38(16)23-13-22(29)21(18-5-4-6-20(11-18)43(3,40)41)12-24(23)39-25(14-35-37-39)17-7-9-19(10-8-17)42-28(32,33)34/h4-15H,1-3H3. The Balaban J connectivity index is 1.73. The van der Waals surface area contributed by atoms with Crippen LogP contribution in [0.15, 0.2) is 78.0 Å². The number of rotatable bonds is 7. The minimum Gasteiger partial charge on any atom is -0.406 e. The van der Waals surface area contributed by atoms with Crippen molar-refractivity contribution in [1.29, 1.82) is 0 Å². The Morgan fingerprint density at radius 3 is 2.21 bits per heavy atom. The van der Waals surface area contributed by atoms with Crippen LogP contribution in [0.2, 0.25) is 0 Å². The van der Waals surface area contributed by atoms with Gasteiger partial charge in [0.05, 0.1) is 28.2 Å². The molecule has 0 aliphatic heterocycles. The van der Waals surface area contributed by atoms with Gasteiger partial charge in [-0.25, -0.2) is 22.5 Å². The molecule has 0 N–H and O–H groups in total. The quantitative estimate of drug-likeness (QED) is 0.189. The molecule has 0 saturated heterocycles. The molecule has 0 unspecified atom stereocenters. The van der Waals surface area contributed by atoms with E-state index in [-0.39, 0.29) is 38.9 Å². The van der Waals surface area contributed by atoms with Crippen molar-refractivity contribution < 1.29 is 39.5 Å². The molecule has 0 atom stereocenters. The monoisotopic (exact) mass is 621 g/mol. The van der Waals surface area contributed by atoms with Gasteiger partial charge in [-0.3, -0.25) is 0 Å². The third-order valence-electron chi connectivity index (χ3n) is 6.39. The fraction of sp³-hybridized carbons (Fsp3) is 0.179. The molecule has 15 heteroatoms. The van der Waals surface area contributed by atoms with Crippen LogP contribution in [0.5, 0.6) is 5.75 Å². The molecule has 5 rings (SSSR count). The molecule has 0 amide bonds. The second kappa shape index (κ2) is 10.6. The molecule has 43 heavy (non-hydrogen) atoms. The lowest BCUT2D eigenvalue weighted by atomic mass is 10.0. The number of halogens is 6. The topological polar surface area (TPSA) is 91.9 Å². The molecule has 0 saturated carbocycles. The van der Waals surface area contributed by atoms with Crippen molar-refractivity contribution in [3.63, 3.8) is 0 Å². The van der Waals surface area contributed by atoms with E-state index in [9.17, 15) is 30.4 Å². The summed E-state index contributed by atoms with van der Waals surface area (Å²) in [6.45, 7) is 2.11. The van der Waals surface area contributed by atoms with Crippen LogP contribution in [-0.4, -0.2) is 45.6 Å². The first-order valence-corrected chi connectivity index (χ1v) is 14.3. The van der Waals surface area contributed by atoms with Gasteiger partial charge in [0.1, 0.15) is 23.1 Å². The van der Waals surface area contributed by atoms with E-state index in [2.05, 4.69) is 20.0 Å². The summed E-state index contributed by atoms with van der Waals surface area (Å²) in [7, 11) is -3.64.